The Bertz CT molecular complexity index is 644. The number of carboxylic acids is 1. The Morgan fingerprint density at radius 1 is 1.35 bits per heavy atom. The van der Waals surface area contributed by atoms with Crippen molar-refractivity contribution in [2.24, 2.45) is 0 Å². The van der Waals surface area contributed by atoms with E-state index in [9.17, 15) is 9.00 Å². The van der Waals surface area contributed by atoms with Crippen molar-refractivity contribution in [2.45, 2.75) is 17.6 Å². The first-order chi connectivity index (χ1) is 9.51. The number of aromatic carboxylic acids is 1. The van der Waals surface area contributed by atoms with Crippen LogP contribution in [-0.4, -0.2) is 22.4 Å². The lowest BCUT2D eigenvalue weighted by atomic mass is 10.3. The van der Waals surface area contributed by atoms with E-state index < -0.39 is 16.8 Å². The van der Waals surface area contributed by atoms with E-state index >= 15 is 0 Å². The van der Waals surface area contributed by atoms with Gasteiger partial charge in [0.25, 0.3) is 0 Å². The molecule has 0 saturated heterocycles. The van der Waals surface area contributed by atoms with Crippen LogP contribution in [0.5, 0.6) is 5.75 Å². The molecule has 1 N–H and O–H groups in total. The van der Waals surface area contributed by atoms with Crippen LogP contribution < -0.4 is 4.74 Å². The van der Waals surface area contributed by atoms with Gasteiger partial charge in [-0.1, -0.05) is 0 Å². The van der Waals surface area contributed by atoms with Crippen molar-refractivity contribution in [1.82, 2.24) is 0 Å². The Kier molecular flexibility index (Phi) is 4.57. The molecule has 0 radical (unpaired) electrons. The molecule has 2 aromatic rings. The molecule has 2 rings (SSSR count). The number of carboxylic acid groups (broad SMARTS) is 1. The Hall–Kier alpha value is -1.66. The molecule has 0 saturated carbocycles. The highest BCUT2D eigenvalue weighted by atomic mass is 32.2. The molecule has 106 valence electrons. The molecule has 0 aliphatic carbocycles. The molecule has 1 aromatic heterocycles. The topological polar surface area (TPSA) is 63.6 Å². The van der Waals surface area contributed by atoms with Gasteiger partial charge in [0.2, 0.25) is 0 Å². The fourth-order valence-electron chi connectivity index (χ4n) is 1.72. The van der Waals surface area contributed by atoms with Crippen molar-refractivity contribution in [1.29, 1.82) is 0 Å². The Balaban J connectivity index is 2.16. The maximum absolute atomic E-state index is 12.3. The molecule has 0 fully saturated rings. The van der Waals surface area contributed by atoms with E-state index in [0.717, 1.165) is 10.4 Å². The molecule has 0 amide bonds. The number of hydrogen-bond donors (Lipinski definition) is 1. The van der Waals surface area contributed by atoms with E-state index in [1.165, 1.54) is 11.3 Å². The molecule has 0 bridgehead atoms. The van der Waals surface area contributed by atoms with Crippen molar-refractivity contribution in [3.05, 3.63) is 45.6 Å². The lowest BCUT2D eigenvalue weighted by Crippen LogP contribution is -1.97. The van der Waals surface area contributed by atoms with E-state index in [2.05, 4.69) is 0 Å². The monoisotopic (exact) mass is 310 g/mol. The predicted molar refractivity (Wildman–Crippen MR) is 79.1 cm³/mol. The zero-order valence-corrected chi connectivity index (χ0v) is 12.7. The second-order valence-electron chi connectivity index (χ2n) is 4.16. The van der Waals surface area contributed by atoms with Crippen LogP contribution in [0.15, 0.2) is 35.2 Å². The molecule has 1 heterocycles. The van der Waals surface area contributed by atoms with Gasteiger partial charge < -0.3 is 9.84 Å². The van der Waals surface area contributed by atoms with E-state index in [1.54, 1.807) is 37.4 Å². The maximum Gasteiger partial charge on any atom is 0.345 e. The van der Waals surface area contributed by atoms with E-state index in [4.69, 9.17) is 9.84 Å². The number of aryl methyl sites for hydroxylation is 1. The molecular formula is C14H14O4S2. The lowest BCUT2D eigenvalue weighted by molar-refractivity contribution is 0.0702. The predicted octanol–water partition coefficient (Wildman–Crippen LogP) is 3.07. The third kappa shape index (κ3) is 3.26. The minimum atomic E-state index is -1.20. The molecule has 0 spiro atoms. The number of benzene rings is 1. The van der Waals surface area contributed by atoms with Crippen LogP contribution in [0.4, 0.5) is 0 Å². The van der Waals surface area contributed by atoms with Gasteiger partial charge in [-0.3, -0.25) is 4.21 Å². The Morgan fingerprint density at radius 2 is 2.00 bits per heavy atom. The summed E-state index contributed by atoms with van der Waals surface area (Å²) in [6.07, 6.45) is 0. The fraction of sp³-hybridized carbons (Fsp3) is 0.214. The van der Waals surface area contributed by atoms with Crippen LogP contribution in [0.25, 0.3) is 0 Å². The summed E-state index contributed by atoms with van der Waals surface area (Å²) in [6, 6.07) is 8.64. The molecule has 20 heavy (non-hydrogen) atoms. The molecule has 0 aliphatic rings. The van der Waals surface area contributed by atoms with Crippen molar-refractivity contribution in [3.63, 3.8) is 0 Å². The average molecular weight is 310 g/mol. The summed E-state index contributed by atoms with van der Waals surface area (Å²) in [7, 11) is 0.381. The third-order valence-electron chi connectivity index (χ3n) is 2.84. The fourth-order valence-corrected chi connectivity index (χ4v) is 3.88. The summed E-state index contributed by atoms with van der Waals surface area (Å²) in [5.74, 6) is 0.0901. The maximum atomic E-state index is 12.3. The van der Waals surface area contributed by atoms with Gasteiger partial charge in [-0.15, -0.1) is 11.3 Å². The molecule has 1 aromatic carbocycles. The molecule has 1 unspecified atom stereocenters. The highest BCUT2D eigenvalue weighted by Gasteiger charge is 2.14. The van der Waals surface area contributed by atoms with Crippen LogP contribution in [-0.2, 0) is 16.6 Å². The van der Waals surface area contributed by atoms with Gasteiger partial charge in [-0.05, 0) is 42.8 Å². The molecule has 0 aliphatic heterocycles. The van der Waals surface area contributed by atoms with Gasteiger partial charge in [0.15, 0.2) is 0 Å². The van der Waals surface area contributed by atoms with Gasteiger partial charge in [-0.25, -0.2) is 4.79 Å². The summed E-state index contributed by atoms with van der Waals surface area (Å²) in [5.41, 5.74) is 0.821. The molecule has 6 heteroatoms. The summed E-state index contributed by atoms with van der Waals surface area (Å²) in [5, 5.41) is 8.95. The summed E-state index contributed by atoms with van der Waals surface area (Å²) < 4.78 is 17.3. The minimum Gasteiger partial charge on any atom is -0.497 e. The van der Waals surface area contributed by atoms with Crippen molar-refractivity contribution in [2.75, 3.05) is 7.11 Å². The third-order valence-corrected chi connectivity index (χ3v) is 5.29. The summed E-state index contributed by atoms with van der Waals surface area (Å²) in [6.45, 7) is 1.84. The van der Waals surface area contributed by atoms with E-state index in [1.807, 2.05) is 6.92 Å². The first-order valence-electron chi connectivity index (χ1n) is 5.86. The minimum absolute atomic E-state index is 0.282. The molecular weight excluding hydrogens is 296 g/mol. The van der Waals surface area contributed by atoms with Gasteiger partial charge in [-0.2, -0.15) is 0 Å². The van der Waals surface area contributed by atoms with Gasteiger partial charge >= 0.3 is 5.97 Å². The number of carbonyl (C=O) groups is 1. The zero-order chi connectivity index (χ0) is 14.7. The van der Waals surface area contributed by atoms with Gasteiger partial charge in [0.1, 0.15) is 10.6 Å². The standard InChI is InChI=1S/C14H14O4S2/c1-9-10(7-13(19-9)14(15)16)8-20(17)12-5-3-11(18-2)4-6-12/h3-7H,8H2,1-2H3,(H,15,16). The Labute approximate surface area is 123 Å². The second-order valence-corrected chi connectivity index (χ2v) is 6.87. The molecule has 1 atom stereocenters. The first-order valence-corrected chi connectivity index (χ1v) is 8.00. The smallest absolute Gasteiger partial charge is 0.345 e. The SMILES string of the molecule is COc1ccc(S(=O)Cc2cc(C(=O)O)sc2C)cc1. The first kappa shape index (κ1) is 14.7. The average Bonchev–Trinajstić information content (AvgIpc) is 2.80. The normalized spacial score (nSPS) is 12.1. The number of hydrogen-bond acceptors (Lipinski definition) is 4. The van der Waals surface area contributed by atoms with Crippen molar-refractivity contribution < 1.29 is 18.8 Å². The van der Waals surface area contributed by atoms with Crippen LogP contribution in [0.3, 0.4) is 0 Å². The van der Waals surface area contributed by atoms with Gasteiger partial charge in [0, 0.05) is 9.77 Å². The van der Waals surface area contributed by atoms with Crippen LogP contribution in [0, 0.1) is 6.92 Å². The number of methoxy groups -OCH3 is 1. The summed E-state index contributed by atoms with van der Waals surface area (Å²) in [4.78, 5) is 12.8. The number of rotatable bonds is 5. The quantitative estimate of drug-likeness (QED) is 0.922. The number of thiophene rings is 1. The largest absolute Gasteiger partial charge is 0.497 e. The second kappa shape index (κ2) is 6.19. The van der Waals surface area contributed by atoms with E-state index in [0.29, 0.717) is 16.4 Å². The van der Waals surface area contributed by atoms with Crippen LogP contribution in [0.2, 0.25) is 0 Å². The highest BCUT2D eigenvalue weighted by molar-refractivity contribution is 7.84. The Morgan fingerprint density at radius 3 is 2.50 bits per heavy atom. The summed E-state index contributed by atoms with van der Waals surface area (Å²) >= 11 is 1.21. The van der Waals surface area contributed by atoms with Crippen molar-refractivity contribution in [3.8, 4) is 5.75 Å². The molecule has 4 nitrogen and oxygen atoms in total. The number of ether oxygens (including phenoxy) is 1. The van der Waals surface area contributed by atoms with Crippen LogP contribution in [0.1, 0.15) is 20.1 Å². The lowest BCUT2D eigenvalue weighted by Gasteiger charge is -2.04. The van der Waals surface area contributed by atoms with Gasteiger partial charge in [0.05, 0.1) is 23.7 Å². The van der Waals surface area contributed by atoms with Crippen LogP contribution >= 0.6 is 11.3 Å². The van der Waals surface area contributed by atoms with E-state index in [-0.39, 0.29) is 4.88 Å². The highest BCUT2D eigenvalue weighted by Crippen LogP contribution is 2.25. The zero-order valence-electron chi connectivity index (χ0n) is 11.1. The van der Waals surface area contributed by atoms with Crippen molar-refractivity contribution >= 4 is 28.1 Å².